The Kier molecular flexibility index (Phi) is 6.09. The number of allylic oxidation sites excluding steroid dienone is 1. The van der Waals surface area contributed by atoms with Gasteiger partial charge in [-0.1, -0.05) is 12.1 Å². The number of hydrogen-bond donors (Lipinski definition) is 2. The van der Waals surface area contributed by atoms with Crippen LogP contribution in [0, 0.1) is 0 Å². The summed E-state index contributed by atoms with van der Waals surface area (Å²) in [6, 6.07) is 9.88. The summed E-state index contributed by atoms with van der Waals surface area (Å²) in [5.74, 6) is 2.58. The molecule has 0 atom stereocenters. The molecule has 0 fully saturated rings. The van der Waals surface area contributed by atoms with Gasteiger partial charge in [0.1, 0.15) is 11.5 Å². The molecule has 6 nitrogen and oxygen atoms in total. The van der Waals surface area contributed by atoms with Gasteiger partial charge in [0.05, 0.1) is 24.8 Å². The molecule has 182 valence electrons. The van der Waals surface area contributed by atoms with Gasteiger partial charge in [-0.15, -0.1) is 11.3 Å². The number of benzene rings is 2. The second-order valence-corrected chi connectivity index (χ2v) is 10.1. The van der Waals surface area contributed by atoms with Crippen molar-refractivity contribution >= 4 is 34.4 Å². The van der Waals surface area contributed by atoms with Crippen LogP contribution >= 0.6 is 11.3 Å². The minimum Gasteiger partial charge on any atom is -0.492 e. The smallest absolute Gasteiger partial charge is 0.188 e. The van der Waals surface area contributed by atoms with Crippen molar-refractivity contribution in [2.45, 2.75) is 32.9 Å². The molecule has 2 aromatic carbocycles. The quantitative estimate of drug-likeness (QED) is 0.389. The monoisotopic (exact) mass is 491 g/mol. The molecule has 2 aliphatic rings. The van der Waals surface area contributed by atoms with E-state index in [2.05, 4.69) is 44.3 Å². The van der Waals surface area contributed by atoms with Crippen LogP contribution in [0.4, 0.5) is 5.69 Å². The fourth-order valence-electron chi connectivity index (χ4n) is 4.90. The fraction of sp³-hybridized carbons (Fsp3) is 0.286. The van der Waals surface area contributed by atoms with Crippen molar-refractivity contribution in [3.05, 3.63) is 63.4 Å². The minimum absolute atomic E-state index is 0.0261. The van der Waals surface area contributed by atoms with Gasteiger partial charge in [0.25, 0.3) is 0 Å². The van der Waals surface area contributed by atoms with Gasteiger partial charge < -0.3 is 29.4 Å². The van der Waals surface area contributed by atoms with Crippen molar-refractivity contribution in [3.63, 3.8) is 0 Å². The van der Waals surface area contributed by atoms with Crippen molar-refractivity contribution in [3.8, 4) is 28.4 Å². The predicted octanol–water partition coefficient (Wildman–Crippen LogP) is 6.40. The molecule has 0 amide bonds. The Balaban J connectivity index is 1.79. The molecule has 0 saturated heterocycles. The largest absolute Gasteiger partial charge is 0.492 e. The van der Waals surface area contributed by atoms with Crippen molar-refractivity contribution in [1.82, 2.24) is 0 Å². The molecule has 0 spiro atoms. The van der Waals surface area contributed by atoms with Crippen LogP contribution in [0.2, 0.25) is 0 Å². The van der Waals surface area contributed by atoms with E-state index in [-0.39, 0.29) is 18.9 Å². The Bertz CT molecular complexity index is 1350. The lowest BCUT2D eigenvalue weighted by Crippen LogP contribution is -2.32. The maximum Gasteiger partial charge on any atom is 0.188 e. The molecule has 0 aliphatic carbocycles. The molecule has 2 N–H and O–H groups in total. The Morgan fingerprint density at radius 2 is 1.91 bits per heavy atom. The molecule has 35 heavy (non-hydrogen) atoms. The highest BCUT2D eigenvalue weighted by atomic mass is 32.1. The average Bonchev–Trinajstić information content (AvgIpc) is 3.28. The average molecular weight is 492 g/mol. The number of rotatable bonds is 6. The molecule has 3 heterocycles. The van der Waals surface area contributed by atoms with E-state index in [9.17, 15) is 5.11 Å². The Labute approximate surface area is 209 Å². The second kappa shape index (κ2) is 9.07. The Morgan fingerprint density at radius 1 is 1.09 bits per heavy atom. The van der Waals surface area contributed by atoms with Crippen LogP contribution in [0.1, 0.15) is 42.3 Å². The summed E-state index contributed by atoms with van der Waals surface area (Å²) in [6.07, 6.45) is 4.26. The molecule has 0 unspecified atom stereocenters. The summed E-state index contributed by atoms with van der Waals surface area (Å²) in [6.45, 7) is 6.53. The minimum atomic E-state index is -0.167. The number of methoxy groups -OCH3 is 2. The zero-order valence-electron chi connectivity index (χ0n) is 20.5. The number of ether oxygens (including phenoxy) is 4. The maximum atomic E-state index is 9.83. The number of anilines is 1. The third kappa shape index (κ3) is 4.10. The van der Waals surface area contributed by atoms with E-state index in [0.717, 1.165) is 49.7 Å². The molecule has 1 aromatic heterocycles. The van der Waals surface area contributed by atoms with Gasteiger partial charge in [-0.2, -0.15) is 0 Å². The van der Waals surface area contributed by atoms with E-state index in [1.807, 2.05) is 29.7 Å². The molecule has 3 aromatic rings. The van der Waals surface area contributed by atoms with E-state index < -0.39 is 0 Å². The molecule has 7 heteroatoms. The van der Waals surface area contributed by atoms with E-state index in [4.69, 9.17) is 18.9 Å². The summed E-state index contributed by atoms with van der Waals surface area (Å²) in [4.78, 5) is 0.965. The summed E-state index contributed by atoms with van der Waals surface area (Å²) < 4.78 is 23.3. The van der Waals surface area contributed by atoms with Gasteiger partial charge in [-0.3, -0.25) is 0 Å². The predicted molar refractivity (Wildman–Crippen MR) is 141 cm³/mol. The van der Waals surface area contributed by atoms with Gasteiger partial charge >= 0.3 is 0 Å². The lowest BCUT2D eigenvalue weighted by Gasteiger charge is -2.35. The van der Waals surface area contributed by atoms with E-state index in [0.29, 0.717) is 17.2 Å². The van der Waals surface area contributed by atoms with Crippen LogP contribution in [-0.4, -0.2) is 31.7 Å². The molecule has 2 aliphatic heterocycles. The SMILES string of the molecule is COCOc1ccc2c(c1OC)-c1ccc3c(c1/C(=C/c1sccc1CO)O2)C(C)=CC(C)(C)N3. The van der Waals surface area contributed by atoms with Crippen LogP contribution in [0.3, 0.4) is 0 Å². The van der Waals surface area contributed by atoms with Crippen LogP contribution in [-0.2, 0) is 11.3 Å². The van der Waals surface area contributed by atoms with Crippen molar-refractivity contribution < 1.29 is 24.1 Å². The van der Waals surface area contributed by atoms with Gasteiger partial charge in [-0.05, 0) is 67.6 Å². The number of nitrogens with one attached hydrogen (secondary N) is 1. The highest BCUT2D eigenvalue weighted by molar-refractivity contribution is 7.11. The normalized spacial score (nSPS) is 16.4. The van der Waals surface area contributed by atoms with Crippen LogP contribution < -0.4 is 19.5 Å². The molecule has 0 saturated carbocycles. The van der Waals surface area contributed by atoms with Crippen molar-refractivity contribution in [2.75, 3.05) is 26.3 Å². The number of aliphatic hydroxyl groups is 1. The summed E-state index contributed by atoms with van der Waals surface area (Å²) in [5.41, 5.74) is 6.81. The van der Waals surface area contributed by atoms with Gasteiger partial charge in [-0.25, -0.2) is 0 Å². The summed E-state index contributed by atoms with van der Waals surface area (Å²) >= 11 is 1.58. The van der Waals surface area contributed by atoms with Gasteiger partial charge in [0, 0.05) is 34.4 Å². The molecule has 5 rings (SSSR count). The highest BCUT2D eigenvalue weighted by Crippen LogP contribution is 2.54. The van der Waals surface area contributed by atoms with Crippen molar-refractivity contribution in [1.29, 1.82) is 0 Å². The van der Waals surface area contributed by atoms with Crippen LogP contribution in [0.5, 0.6) is 17.2 Å². The summed E-state index contributed by atoms with van der Waals surface area (Å²) in [5, 5.41) is 15.4. The van der Waals surface area contributed by atoms with Crippen LogP contribution in [0.15, 0.2) is 41.8 Å². The summed E-state index contributed by atoms with van der Waals surface area (Å²) in [7, 11) is 3.22. The Hall–Kier alpha value is -3.26. The number of hydrogen-bond acceptors (Lipinski definition) is 7. The molecule has 0 radical (unpaired) electrons. The van der Waals surface area contributed by atoms with Crippen molar-refractivity contribution in [2.24, 2.45) is 0 Å². The third-order valence-corrected chi connectivity index (χ3v) is 7.11. The zero-order valence-corrected chi connectivity index (χ0v) is 21.3. The van der Waals surface area contributed by atoms with E-state index in [1.54, 1.807) is 25.6 Å². The molecular formula is C28H29NO5S. The third-order valence-electron chi connectivity index (χ3n) is 6.20. The zero-order chi connectivity index (χ0) is 24.7. The first-order valence-electron chi connectivity index (χ1n) is 11.4. The standard InChI is InChI=1S/C28H29NO5S/c1-16-13-28(2,3)29-19-7-6-18-25(24(16)19)22(12-23-17(14-30)10-11-35-23)34-20-8-9-21(33-15-31-4)27(32-5)26(18)20/h6-13,29-30H,14-15H2,1-5H3/b22-12-. The van der Waals surface area contributed by atoms with Crippen LogP contribution in [0.25, 0.3) is 28.5 Å². The van der Waals surface area contributed by atoms with E-state index >= 15 is 0 Å². The lowest BCUT2D eigenvalue weighted by molar-refractivity contribution is 0.0492. The molecular weight excluding hydrogens is 462 g/mol. The van der Waals surface area contributed by atoms with Gasteiger partial charge in [0.15, 0.2) is 18.3 Å². The number of aliphatic hydroxyl groups excluding tert-OH is 1. The fourth-order valence-corrected chi connectivity index (χ4v) is 5.73. The first-order chi connectivity index (χ1) is 16.9. The molecule has 0 bridgehead atoms. The first-order valence-corrected chi connectivity index (χ1v) is 12.3. The first kappa shape index (κ1) is 23.5. The maximum absolute atomic E-state index is 9.83. The topological polar surface area (TPSA) is 69.2 Å². The van der Waals surface area contributed by atoms with Gasteiger partial charge in [0.2, 0.25) is 0 Å². The number of thiophene rings is 1. The van der Waals surface area contributed by atoms with E-state index in [1.165, 1.54) is 0 Å². The lowest BCUT2D eigenvalue weighted by atomic mass is 9.83. The second-order valence-electron chi connectivity index (χ2n) is 9.18. The Morgan fingerprint density at radius 3 is 2.66 bits per heavy atom. The number of fused-ring (bicyclic) bond motifs is 5. The highest BCUT2D eigenvalue weighted by Gasteiger charge is 2.33.